The van der Waals surface area contributed by atoms with Crippen molar-refractivity contribution in [1.82, 2.24) is 9.71 Å². The van der Waals surface area contributed by atoms with Gasteiger partial charge in [-0.05, 0) is 37.5 Å². The Balaban J connectivity index is 2.06. The zero-order valence-corrected chi connectivity index (χ0v) is 12.9. The van der Waals surface area contributed by atoms with Gasteiger partial charge >= 0.3 is 0 Å². The highest BCUT2D eigenvalue weighted by atomic mass is 32.2. The summed E-state index contributed by atoms with van der Waals surface area (Å²) in [4.78, 5) is 3.92. The van der Waals surface area contributed by atoms with E-state index < -0.39 is 10.0 Å². The summed E-state index contributed by atoms with van der Waals surface area (Å²) < 4.78 is 27.0. The molecular weight excluding hydrogens is 286 g/mol. The molecule has 0 aliphatic heterocycles. The highest BCUT2D eigenvalue weighted by Crippen LogP contribution is 2.16. The van der Waals surface area contributed by atoms with Crippen molar-refractivity contribution in [2.24, 2.45) is 0 Å². The van der Waals surface area contributed by atoms with Crippen molar-refractivity contribution < 1.29 is 8.42 Å². The number of hydrogen-bond acceptors (Lipinski definition) is 4. The topological polar surface area (TPSA) is 85.1 Å². The molecule has 0 aliphatic carbocycles. The third kappa shape index (κ3) is 4.03. The molecule has 21 heavy (non-hydrogen) atoms. The number of hydrogen-bond donors (Lipinski definition) is 2. The molecule has 0 atom stereocenters. The van der Waals surface area contributed by atoms with E-state index in [1.54, 1.807) is 13.1 Å². The summed E-state index contributed by atoms with van der Waals surface area (Å²) in [7, 11) is -3.63. The van der Waals surface area contributed by atoms with E-state index in [9.17, 15) is 8.42 Å². The van der Waals surface area contributed by atoms with Crippen LogP contribution in [0.1, 0.15) is 16.7 Å². The maximum Gasteiger partial charge on any atom is 0.244 e. The Morgan fingerprint density at radius 2 is 1.95 bits per heavy atom. The number of nitrogens with one attached hydrogen (secondary N) is 1. The first kappa shape index (κ1) is 15.5. The lowest BCUT2D eigenvalue weighted by Gasteiger charge is -2.09. The summed E-state index contributed by atoms with van der Waals surface area (Å²) in [5.41, 5.74) is 8.65. The van der Waals surface area contributed by atoms with Crippen molar-refractivity contribution in [3.05, 3.63) is 53.2 Å². The molecule has 0 saturated heterocycles. The average molecular weight is 305 g/mol. The van der Waals surface area contributed by atoms with E-state index >= 15 is 0 Å². The number of benzene rings is 1. The van der Waals surface area contributed by atoms with Crippen LogP contribution in [0.2, 0.25) is 0 Å². The zero-order valence-electron chi connectivity index (χ0n) is 12.1. The van der Waals surface area contributed by atoms with Crippen LogP contribution >= 0.6 is 0 Å². The van der Waals surface area contributed by atoms with Gasteiger partial charge in [-0.25, -0.2) is 18.1 Å². The van der Waals surface area contributed by atoms with Crippen LogP contribution in [0.4, 0.5) is 5.82 Å². The van der Waals surface area contributed by atoms with Crippen molar-refractivity contribution in [1.29, 1.82) is 0 Å². The number of aromatic nitrogens is 1. The largest absolute Gasteiger partial charge is 0.383 e. The van der Waals surface area contributed by atoms with E-state index in [0.717, 1.165) is 16.7 Å². The number of pyridine rings is 1. The molecule has 5 nitrogen and oxygen atoms in total. The van der Waals surface area contributed by atoms with Crippen LogP contribution in [0.3, 0.4) is 0 Å². The fourth-order valence-corrected chi connectivity index (χ4v) is 3.24. The van der Waals surface area contributed by atoms with Gasteiger partial charge in [-0.1, -0.05) is 29.8 Å². The molecule has 0 saturated carbocycles. The normalized spacial score (nSPS) is 11.5. The maximum absolute atomic E-state index is 12.2. The predicted octanol–water partition coefficient (Wildman–Crippen LogP) is 1.80. The minimum absolute atomic E-state index is 0.0173. The second-order valence-corrected chi connectivity index (χ2v) is 6.77. The molecule has 0 unspecified atom stereocenters. The first-order valence-corrected chi connectivity index (χ1v) is 8.14. The van der Waals surface area contributed by atoms with Gasteiger partial charge in [0.15, 0.2) is 0 Å². The molecule has 2 aromatic rings. The highest BCUT2D eigenvalue weighted by Gasteiger charge is 2.17. The van der Waals surface area contributed by atoms with E-state index in [4.69, 9.17) is 5.73 Å². The second kappa shape index (κ2) is 6.24. The summed E-state index contributed by atoms with van der Waals surface area (Å²) in [6.45, 7) is 4.10. The van der Waals surface area contributed by atoms with E-state index in [1.807, 2.05) is 31.2 Å². The number of anilines is 1. The molecule has 0 amide bonds. The third-order valence-corrected chi connectivity index (χ3v) is 4.59. The molecule has 0 fully saturated rings. The molecule has 0 bridgehead atoms. The molecule has 0 radical (unpaired) electrons. The minimum Gasteiger partial charge on any atom is -0.383 e. The van der Waals surface area contributed by atoms with Crippen molar-refractivity contribution in [2.45, 2.75) is 25.2 Å². The molecular formula is C15H19N3O2S. The van der Waals surface area contributed by atoms with E-state index in [2.05, 4.69) is 9.71 Å². The maximum atomic E-state index is 12.2. The van der Waals surface area contributed by atoms with Crippen molar-refractivity contribution in [2.75, 3.05) is 12.3 Å². The number of rotatable bonds is 5. The van der Waals surface area contributed by atoms with Gasteiger partial charge in [-0.3, -0.25) is 0 Å². The van der Waals surface area contributed by atoms with Gasteiger partial charge in [0.1, 0.15) is 10.7 Å². The highest BCUT2D eigenvalue weighted by molar-refractivity contribution is 7.89. The van der Waals surface area contributed by atoms with Crippen molar-refractivity contribution in [3.63, 3.8) is 0 Å². The summed E-state index contributed by atoms with van der Waals surface area (Å²) in [5.74, 6) is 0.0173. The Kier molecular flexibility index (Phi) is 4.59. The van der Waals surface area contributed by atoms with Crippen LogP contribution in [0, 0.1) is 13.8 Å². The van der Waals surface area contributed by atoms with Crippen molar-refractivity contribution >= 4 is 15.8 Å². The number of aryl methyl sites for hydroxylation is 2. The van der Waals surface area contributed by atoms with E-state index in [1.165, 1.54) is 6.07 Å². The molecule has 0 spiro atoms. The van der Waals surface area contributed by atoms with Gasteiger partial charge in [-0.15, -0.1) is 0 Å². The number of nitrogen functional groups attached to an aromatic ring is 1. The third-order valence-electron chi connectivity index (χ3n) is 3.10. The van der Waals surface area contributed by atoms with Gasteiger partial charge in [0.05, 0.1) is 0 Å². The molecule has 0 aliphatic rings. The van der Waals surface area contributed by atoms with Crippen LogP contribution in [0.25, 0.3) is 0 Å². The summed E-state index contributed by atoms with van der Waals surface area (Å²) in [5, 5.41) is 0. The minimum atomic E-state index is -3.63. The van der Waals surface area contributed by atoms with Gasteiger partial charge in [0.2, 0.25) is 10.0 Å². The molecule has 2 rings (SSSR count). The fraction of sp³-hybridized carbons (Fsp3) is 0.267. The van der Waals surface area contributed by atoms with Crippen LogP contribution < -0.4 is 10.5 Å². The Labute approximate surface area is 125 Å². The molecule has 1 aromatic heterocycles. The number of nitrogens with two attached hydrogens (primary N) is 1. The number of nitrogens with zero attached hydrogens (tertiary/aromatic N) is 1. The first-order valence-electron chi connectivity index (χ1n) is 6.66. The Morgan fingerprint density at radius 1 is 1.19 bits per heavy atom. The van der Waals surface area contributed by atoms with Crippen LogP contribution in [-0.4, -0.2) is 19.9 Å². The summed E-state index contributed by atoms with van der Waals surface area (Å²) in [6, 6.07) is 9.51. The van der Waals surface area contributed by atoms with Gasteiger partial charge in [0.25, 0.3) is 0 Å². The lowest BCUT2D eigenvalue weighted by atomic mass is 10.1. The van der Waals surface area contributed by atoms with E-state index in [0.29, 0.717) is 13.0 Å². The predicted molar refractivity (Wildman–Crippen MR) is 83.5 cm³/mol. The summed E-state index contributed by atoms with van der Waals surface area (Å²) >= 11 is 0. The molecule has 1 heterocycles. The standard InChI is InChI=1S/C15H19N3O2S/c1-11-4-3-5-13(8-11)6-7-18-21(19,20)14-9-12(2)10-17-15(14)16/h3-5,8-10,18H,6-7H2,1-2H3,(H2,16,17). The Hall–Kier alpha value is -1.92. The average Bonchev–Trinajstić information content (AvgIpc) is 2.41. The van der Waals surface area contributed by atoms with Crippen LogP contribution in [0.5, 0.6) is 0 Å². The smallest absolute Gasteiger partial charge is 0.244 e. The Morgan fingerprint density at radius 3 is 2.67 bits per heavy atom. The fourth-order valence-electron chi connectivity index (χ4n) is 2.04. The molecule has 1 aromatic carbocycles. The van der Waals surface area contributed by atoms with Crippen LogP contribution in [0.15, 0.2) is 41.4 Å². The second-order valence-electron chi connectivity index (χ2n) is 5.03. The van der Waals surface area contributed by atoms with Gasteiger partial charge < -0.3 is 5.73 Å². The number of sulfonamides is 1. The quantitative estimate of drug-likeness (QED) is 0.882. The van der Waals surface area contributed by atoms with Crippen LogP contribution in [-0.2, 0) is 16.4 Å². The lowest BCUT2D eigenvalue weighted by Crippen LogP contribution is -2.27. The van der Waals surface area contributed by atoms with Gasteiger partial charge in [-0.2, -0.15) is 0 Å². The first-order chi connectivity index (χ1) is 9.88. The lowest BCUT2D eigenvalue weighted by molar-refractivity contribution is 0.581. The Bertz CT molecular complexity index is 742. The van der Waals surface area contributed by atoms with Gasteiger partial charge in [0, 0.05) is 12.7 Å². The summed E-state index contributed by atoms with van der Waals surface area (Å²) in [6.07, 6.45) is 2.17. The molecule has 3 N–H and O–H groups in total. The monoisotopic (exact) mass is 305 g/mol. The van der Waals surface area contributed by atoms with Crippen molar-refractivity contribution in [3.8, 4) is 0 Å². The molecule has 6 heteroatoms. The zero-order chi connectivity index (χ0) is 15.5. The SMILES string of the molecule is Cc1cccc(CCNS(=O)(=O)c2cc(C)cnc2N)c1. The van der Waals surface area contributed by atoms with E-state index in [-0.39, 0.29) is 10.7 Å². The molecule has 112 valence electrons.